The second-order valence-corrected chi connectivity index (χ2v) is 7.69. The Labute approximate surface area is 166 Å². The Bertz CT molecular complexity index is 753. The first-order valence-corrected chi connectivity index (χ1v) is 10.2. The molecule has 0 spiro atoms. The third-order valence-electron chi connectivity index (χ3n) is 5.33. The van der Waals surface area contributed by atoms with Crippen LogP contribution in [0.2, 0.25) is 0 Å². The van der Waals surface area contributed by atoms with Crippen LogP contribution in [0, 0.1) is 5.92 Å². The van der Waals surface area contributed by atoms with Gasteiger partial charge >= 0.3 is 0 Å². The standard InChI is InChI=1S/C22H27N3OS/c1-2-4-16-6-8-17(9-7-16)18-10-12-20(13-11-18)24-22(27)25-21(26)19-5-3-14-23-15-19/h3,5,10-17H,2,4,6-9H2,1H3,(H2,24,25,26,27). The fraction of sp³-hybridized carbons (Fsp3) is 0.409. The van der Waals surface area contributed by atoms with E-state index in [9.17, 15) is 4.79 Å². The molecule has 2 N–H and O–H groups in total. The molecule has 0 unspecified atom stereocenters. The van der Waals surface area contributed by atoms with Crippen molar-refractivity contribution >= 4 is 28.9 Å². The largest absolute Gasteiger partial charge is 0.332 e. The van der Waals surface area contributed by atoms with Gasteiger partial charge < -0.3 is 5.32 Å². The number of hydrogen-bond donors (Lipinski definition) is 2. The van der Waals surface area contributed by atoms with Crippen molar-refractivity contribution in [3.63, 3.8) is 0 Å². The Kier molecular flexibility index (Phi) is 6.93. The smallest absolute Gasteiger partial charge is 0.258 e. The molecule has 142 valence electrons. The predicted octanol–water partition coefficient (Wildman–Crippen LogP) is 5.28. The number of carbonyl (C=O) groups excluding carboxylic acids is 1. The molecular formula is C22H27N3OS. The van der Waals surface area contributed by atoms with Crippen LogP contribution in [0.1, 0.15) is 67.3 Å². The maximum absolute atomic E-state index is 12.1. The van der Waals surface area contributed by atoms with Gasteiger partial charge in [-0.1, -0.05) is 31.9 Å². The lowest BCUT2D eigenvalue weighted by Gasteiger charge is -2.28. The minimum absolute atomic E-state index is 0.263. The van der Waals surface area contributed by atoms with Gasteiger partial charge in [0, 0.05) is 18.1 Å². The summed E-state index contributed by atoms with van der Waals surface area (Å²) in [5.41, 5.74) is 2.77. The molecule has 3 rings (SSSR count). The molecule has 0 aliphatic heterocycles. The summed E-state index contributed by atoms with van der Waals surface area (Å²) in [6, 6.07) is 11.9. The Morgan fingerprint density at radius 2 is 1.89 bits per heavy atom. The minimum Gasteiger partial charge on any atom is -0.332 e. The van der Waals surface area contributed by atoms with Crippen molar-refractivity contribution in [3.05, 3.63) is 59.9 Å². The maximum atomic E-state index is 12.1. The molecule has 2 aromatic rings. The summed E-state index contributed by atoms with van der Waals surface area (Å²) >= 11 is 5.24. The molecule has 5 heteroatoms. The Hall–Kier alpha value is -2.27. The fourth-order valence-corrected chi connectivity index (χ4v) is 4.08. The van der Waals surface area contributed by atoms with Crippen LogP contribution in [-0.2, 0) is 0 Å². The number of benzene rings is 1. The number of pyridine rings is 1. The van der Waals surface area contributed by atoms with Gasteiger partial charge in [0.25, 0.3) is 5.91 Å². The molecular weight excluding hydrogens is 354 g/mol. The van der Waals surface area contributed by atoms with Crippen molar-refractivity contribution in [2.24, 2.45) is 5.92 Å². The first kappa shape index (κ1) is 19.5. The van der Waals surface area contributed by atoms with Crippen LogP contribution in [0.4, 0.5) is 5.69 Å². The molecule has 1 aromatic carbocycles. The van der Waals surface area contributed by atoms with Crippen LogP contribution >= 0.6 is 12.2 Å². The number of carbonyl (C=O) groups is 1. The topological polar surface area (TPSA) is 54.0 Å². The zero-order valence-electron chi connectivity index (χ0n) is 15.8. The lowest BCUT2D eigenvalue weighted by Crippen LogP contribution is -2.34. The number of nitrogens with one attached hydrogen (secondary N) is 2. The molecule has 1 aromatic heterocycles. The summed E-state index contributed by atoms with van der Waals surface area (Å²) in [6.45, 7) is 2.28. The van der Waals surface area contributed by atoms with E-state index in [1.165, 1.54) is 50.3 Å². The molecule has 1 saturated carbocycles. The Morgan fingerprint density at radius 1 is 1.15 bits per heavy atom. The summed E-state index contributed by atoms with van der Waals surface area (Å²) in [5, 5.41) is 6.05. The average Bonchev–Trinajstić information content (AvgIpc) is 2.70. The zero-order valence-corrected chi connectivity index (χ0v) is 16.6. The number of aromatic nitrogens is 1. The van der Waals surface area contributed by atoms with E-state index in [-0.39, 0.29) is 11.0 Å². The highest BCUT2D eigenvalue weighted by Crippen LogP contribution is 2.37. The normalized spacial score (nSPS) is 19.3. The van der Waals surface area contributed by atoms with Crippen LogP contribution in [-0.4, -0.2) is 16.0 Å². The molecule has 0 atom stereocenters. The summed E-state index contributed by atoms with van der Waals surface area (Å²) in [6.07, 6.45) is 11.1. The van der Waals surface area contributed by atoms with Crippen molar-refractivity contribution in [1.29, 1.82) is 0 Å². The number of thiocarbonyl (C=S) groups is 1. The van der Waals surface area contributed by atoms with E-state index < -0.39 is 0 Å². The van der Waals surface area contributed by atoms with Crippen LogP contribution in [0.15, 0.2) is 48.8 Å². The number of hydrogen-bond acceptors (Lipinski definition) is 3. The third kappa shape index (κ3) is 5.60. The molecule has 1 aliphatic rings. The second kappa shape index (κ2) is 9.60. The summed E-state index contributed by atoms with van der Waals surface area (Å²) < 4.78 is 0. The van der Waals surface area contributed by atoms with Crippen LogP contribution in [0.3, 0.4) is 0 Å². The van der Waals surface area contributed by atoms with E-state index in [0.717, 1.165) is 11.6 Å². The van der Waals surface area contributed by atoms with Gasteiger partial charge in [-0.2, -0.15) is 0 Å². The molecule has 1 fully saturated rings. The predicted molar refractivity (Wildman–Crippen MR) is 114 cm³/mol. The van der Waals surface area contributed by atoms with Crippen molar-refractivity contribution < 1.29 is 4.79 Å². The van der Waals surface area contributed by atoms with Crippen LogP contribution in [0.5, 0.6) is 0 Å². The molecule has 27 heavy (non-hydrogen) atoms. The highest BCUT2D eigenvalue weighted by atomic mass is 32.1. The fourth-order valence-electron chi connectivity index (χ4n) is 3.87. The zero-order chi connectivity index (χ0) is 19.1. The van der Waals surface area contributed by atoms with Crippen molar-refractivity contribution in [3.8, 4) is 0 Å². The van der Waals surface area contributed by atoms with Crippen molar-refractivity contribution in [1.82, 2.24) is 10.3 Å². The minimum atomic E-state index is -0.263. The van der Waals surface area contributed by atoms with Gasteiger partial charge in [-0.25, -0.2) is 0 Å². The monoisotopic (exact) mass is 381 g/mol. The SMILES string of the molecule is CCCC1CCC(c2ccc(NC(=S)NC(=O)c3cccnc3)cc2)CC1. The highest BCUT2D eigenvalue weighted by molar-refractivity contribution is 7.80. The van der Waals surface area contributed by atoms with Gasteiger partial charge in [0.05, 0.1) is 5.56 Å². The Morgan fingerprint density at radius 3 is 2.52 bits per heavy atom. The number of nitrogens with zero attached hydrogens (tertiary/aromatic N) is 1. The molecule has 1 amide bonds. The van der Waals surface area contributed by atoms with Gasteiger partial charge in [0.15, 0.2) is 5.11 Å². The van der Waals surface area contributed by atoms with E-state index in [0.29, 0.717) is 11.5 Å². The molecule has 4 nitrogen and oxygen atoms in total. The van der Waals surface area contributed by atoms with Crippen molar-refractivity contribution in [2.45, 2.75) is 51.4 Å². The van der Waals surface area contributed by atoms with Crippen LogP contribution in [0.25, 0.3) is 0 Å². The summed E-state index contributed by atoms with van der Waals surface area (Å²) in [4.78, 5) is 16.0. The van der Waals surface area contributed by atoms with E-state index >= 15 is 0 Å². The first-order chi connectivity index (χ1) is 13.2. The summed E-state index contributed by atoms with van der Waals surface area (Å²) in [5.74, 6) is 1.33. The number of anilines is 1. The van der Waals surface area contributed by atoms with E-state index in [1.807, 2.05) is 12.1 Å². The van der Waals surface area contributed by atoms with Crippen LogP contribution < -0.4 is 10.6 Å². The molecule has 1 aliphatic carbocycles. The lowest BCUT2D eigenvalue weighted by molar-refractivity contribution is 0.0977. The van der Waals surface area contributed by atoms with E-state index in [1.54, 1.807) is 18.3 Å². The van der Waals surface area contributed by atoms with E-state index in [4.69, 9.17) is 12.2 Å². The van der Waals surface area contributed by atoms with E-state index in [2.05, 4.69) is 34.7 Å². The Balaban J connectivity index is 1.50. The average molecular weight is 382 g/mol. The molecule has 1 heterocycles. The van der Waals surface area contributed by atoms with Gasteiger partial charge in [0.2, 0.25) is 0 Å². The van der Waals surface area contributed by atoms with Gasteiger partial charge in [0.1, 0.15) is 0 Å². The van der Waals surface area contributed by atoms with Gasteiger partial charge in [-0.15, -0.1) is 0 Å². The second-order valence-electron chi connectivity index (χ2n) is 7.28. The van der Waals surface area contributed by atoms with Gasteiger partial charge in [-0.05, 0) is 79.6 Å². The van der Waals surface area contributed by atoms with Crippen molar-refractivity contribution in [2.75, 3.05) is 5.32 Å². The number of amides is 1. The van der Waals surface area contributed by atoms with Gasteiger partial charge in [-0.3, -0.25) is 15.1 Å². The summed E-state index contributed by atoms with van der Waals surface area (Å²) in [7, 11) is 0. The lowest BCUT2D eigenvalue weighted by atomic mass is 9.77. The molecule has 0 radical (unpaired) electrons. The third-order valence-corrected chi connectivity index (χ3v) is 5.54. The molecule has 0 bridgehead atoms. The highest BCUT2D eigenvalue weighted by Gasteiger charge is 2.21. The first-order valence-electron chi connectivity index (χ1n) is 9.78. The quantitative estimate of drug-likeness (QED) is 0.692. The maximum Gasteiger partial charge on any atom is 0.258 e. The molecule has 0 saturated heterocycles. The number of rotatable bonds is 5.